The zero-order valence-corrected chi connectivity index (χ0v) is 15.0. The van der Waals surface area contributed by atoms with Crippen LogP contribution in [0.25, 0.3) is 0 Å². The molecule has 0 N–H and O–H groups in total. The SMILES string of the molecule is CCc1nccc(C2CCN(C3CC4(CC(C(C)=O)C4)C3)CC2)n1. The van der Waals surface area contributed by atoms with Crippen molar-refractivity contribution in [2.75, 3.05) is 13.1 Å². The zero-order valence-electron chi connectivity index (χ0n) is 15.0. The molecule has 3 fully saturated rings. The van der Waals surface area contributed by atoms with Crippen molar-refractivity contribution in [2.45, 2.75) is 70.8 Å². The van der Waals surface area contributed by atoms with Gasteiger partial charge in [-0.15, -0.1) is 0 Å². The van der Waals surface area contributed by atoms with Gasteiger partial charge < -0.3 is 4.90 Å². The van der Waals surface area contributed by atoms with Crippen LogP contribution in [0.3, 0.4) is 0 Å². The predicted octanol–water partition coefficient (Wildman–Crippen LogP) is 3.37. The summed E-state index contributed by atoms with van der Waals surface area (Å²) < 4.78 is 0. The van der Waals surface area contributed by atoms with Gasteiger partial charge in [0.2, 0.25) is 0 Å². The number of piperidine rings is 1. The molecule has 0 radical (unpaired) electrons. The first-order chi connectivity index (χ1) is 11.6. The Kier molecular flexibility index (Phi) is 4.19. The number of Topliss-reactive ketones (excluding diaryl/α,β-unsaturated/α-hetero) is 1. The molecule has 3 aliphatic rings. The van der Waals surface area contributed by atoms with Crippen molar-refractivity contribution >= 4 is 5.78 Å². The maximum absolute atomic E-state index is 11.4. The second kappa shape index (κ2) is 6.21. The van der Waals surface area contributed by atoms with E-state index >= 15 is 0 Å². The summed E-state index contributed by atoms with van der Waals surface area (Å²) >= 11 is 0. The van der Waals surface area contributed by atoms with Crippen molar-refractivity contribution < 1.29 is 4.79 Å². The maximum atomic E-state index is 11.4. The standard InChI is InChI=1S/C20H29N3O/c1-3-19-21-7-4-18(22-19)15-5-8-23(9-6-15)17-12-20(13-17)10-16(11-20)14(2)24/h4,7,15-17H,3,5-6,8-13H2,1-2H3. The second-order valence-corrected chi connectivity index (χ2v) is 8.34. The van der Waals surface area contributed by atoms with E-state index in [0.29, 0.717) is 23.0 Å². The Balaban J connectivity index is 1.26. The van der Waals surface area contributed by atoms with Crippen molar-refractivity contribution in [1.29, 1.82) is 0 Å². The Bertz CT molecular complexity index is 607. The van der Waals surface area contributed by atoms with Crippen molar-refractivity contribution in [1.82, 2.24) is 14.9 Å². The highest BCUT2D eigenvalue weighted by Crippen LogP contribution is 2.60. The smallest absolute Gasteiger partial charge is 0.132 e. The summed E-state index contributed by atoms with van der Waals surface area (Å²) in [7, 11) is 0. The minimum Gasteiger partial charge on any atom is -0.300 e. The van der Waals surface area contributed by atoms with E-state index in [9.17, 15) is 4.79 Å². The van der Waals surface area contributed by atoms with Gasteiger partial charge in [0.25, 0.3) is 0 Å². The molecule has 0 bridgehead atoms. The van der Waals surface area contributed by atoms with Gasteiger partial charge in [0, 0.05) is 36.2 Å². The highest BCUT2D eigenvalue weighted by molar-refractivity contribution is 5.79. The van der Waals surface area contributed by atoms with Gasteiger partial charge in [-0.1, -0.05) is 6.92 Å². The third-order valence-corrected chi connectivity index (χ3v) is 6.78. The summed E-state index contributed by atoms with van der Waals surface area (Å²) in [5.74, 6) is 2.36. The first kappa shape index (κ1) is 16.2. The number of aryl methyl sites for hydroxylation is 1. The van der Waals surface area contributed by atoms with Gasteiger partial charge in [-0.05, 0) is 70.0 Å². The molecule has 2 saturated carbocycles. The monoisotopic (exact) mass is 327 g/mol. The predicted molar refractivity (Wildman–Crippen MR) is 93.8 cm³/mol. The molecule has 0 atom stereocenters. The fourth-order valence-corrected chi connectivity index (χ4v) is 5.18. The molecule has 0 amide bonds. The van der Waals surface area contributed by atoms with Gasteiger partial charge in [-0.3, -0.25) is 4.79 Å². The van der Waals surface area contributed by atoms with Crippen LogP contribution in [-0.2, 0) is 11.2 Å². The molecule has 1 spiro atoms. The zero-order chi connectivity index (χ0) is 16.7. The van der Waals surface area contributed by atoms with Gasteiger partial charge in [-0.2, -0.15) is 0 Å². The Hall–Kier alpha value is -1.29. The van der Waals surface area contributed by atoms with Gasteiger partial charge in [0.15, 0.2) is 0 Å². The third kappa shape index (κ3) is 2.90. The Morgan fingerprint density at radius 3 is 2.58 bits per heavy atom. The fraction of sp³-hybridized carbons (Fsp3) is 0.750. The molecule has 4 rings (SSSR count). The third-order valence-electron chi connectivity index (χ3n) is 6.78. The summed E-state index contributed by atoms with van der Waals surface area (Å²) in [6, 6.07) is 2.88. The normalized spacial score (nSPS) is 33.9. The number of aromatic nitrogens is 2. The molecule has 0 aromatic carbocycles. The van der Waals surface area contributed by atoms with Gasteiger partial charge in [0.1, 0.15) is 11.6 Å². The van der Waals surface area contributed by atoms with E-state index in [1.165, 1.54) is 44.5 Å². The average Bonchev–Trinajstić information content (AvgIpc) is 2.52. The topological polar surface area (TPSA) is 46.1 Å². The minimum absolute atomic E-state index is 0.377. The van der Waals surface area contributed by atoms with Crippen LogP contribution >= 0.6 is 0 Å². The van der Waals surface area contributed by atoms with E-state index in [0.717, 1.165) is 31.1 Å². The lowest BCUT2D eigenvalue weighted by Gasteiger charge is -2.60. The number of hydrogen-bond donors (Lipinski definition) is 0. The molecule has 0 unspecified atom stereocenters. The molecule has 1 saturated heterocycles. The molecule has 2 heterocycles. The van der Waals surface area contributed by atoms with Crippen molar-refractivity contribution in [3.63, 3.8) is 0 Å². The molecule has 130 valence electrons. The van der Waals surface area contributed by atoms with E-state index in [4.69, 9.17) is 4.98 Å². The number of rotatable bonds is 4. The number of nitrogens with zero attached hydrogens (tertiary/aromatic N) is 3. The van der Waals surface area contributed by atoms with E-state index in [1.54, 1.807) is 6.92 Å². The lowest BCUT2D eigenvalue weighted by Crippen LogP contribution is -2.58. The highest BCUT2D eigenvalue weighted by Gasteiger charge is 2.55. The van der Waals surface area contributed by atoms with E-state index in [2.05, 4.69) is 22.9 Å². The van der Waals surface area contributed by atoms with Gasteiger partial charge in [-0.25, -0.2) is 9.97 Å². The maximum Gasteiger partial charge on any atom is 0.132 e. The minimum atomic E-state index is 0.377. The summed E-state index contributed by atoms with van der Waals surface area (Å²) in [4.78, 5) is 23.2. The Morgan fingerprint density at radius 1 is 1.25 bits per heavy atom. The van der Waals surface area contributed by atoms with Crippen LogP contribution in [0.15, 0.2) is 12.3 Å². The number of likely N-dealkylation sites (tertiary alicyclic amines) is 1. The van der Waals surface area contributed by atoms with Gasteiger partial charge >= 0.3 is 0 Å². The number of hydrogen-bond acceptors (Lipinski definition) is 4. The largest absolute Gasteiger partial charge is 0.300 e. The van der Waals surface area contributed by atoms with Crippen molar-refractivity contribution in [3.05, 3.63) is 23.8 Å². The molecule has 1 aliphatic heterocycles. The molecule has 4 heteroatoms. The number of carbonyl (C=O) groups excluding carboxylic acids is 1. The van der Waals surface area contributed by atoms with E-state index in [1.807, 2.05) is 6.20 Å². The summed E-state index contributed by atoms with van der Waals surface area (Å²) in [5.41, 5.74) is 1.79. The average molecular weight is 327 g/mol. The highest BCUT2D eigenvalue weighted by atomic mass is 16.1. The van der Waals surface area contributed by atoms with Crippen LogP contribution in [0.2, 0.25) is 0 Å². The molecule has 24 heavy (non-hydrogen) atoms. The molecular formula is C20H29N3O. The lowest BCUT2D eigenvalue weighted by molar-refractivity contribution is -0.139. The van der Waals surface area contributed by atoms with Crippen LogP contribution in [-0.4, -0.2) is 39.8 Å². The Morgan fingerprint density at radius 2 is 1.96 bits per heavy atom. The second-order valence-electron chi connectivity index (χ2n) is 8.34. The summed E-state index contributed by atoms with van der Waals surface area (Å²) in [5, 5.41) is 0. The molecule has 2 aliphatic carbocycles. The van der Waals surface area contributed by atoms with Crippen LogP contribution in [0.5, 0.6) is 0 Å². The Labute approximate surface area is 145 Å². The van der Waals surface area contributed by atoms with Crippen molar-refractivity contribution in [2.24, 2.45) is 11.3 Å². The molecule has 1 aromatic heterocycles. The summed E-state index contributed by atoms with van der Waals surface area (Å²) in [6.45, 7) is 6.28. The first-order valence-corrected chi connectivity index (χ1v) is 9.65. The fourth-order valence-electron chi connectivity index (χ4n) is 5.18. The lowest BCUT2D eigenvalue weighted by atomic mass is 9.49. The van der Waals surface area contributed by atoms with Gasteiger partial charge in [0.05, 0.1) is 0 Å². The molecular weight excluding hydrogens is 298 g/mol. The number of carbonyl (C=O) groups is 1. The molecule has 1 aromatic rings. The number of ketones is 1. The first-order valence-electron chi connectivity index (χ1n) is 9.65. The van der Waals surface area contributed by atoms with E-state index < -0.39 is 0 Å². The van der Waals surface area contributed by atoms with Crippen LogP contribution < -0.4 is 0 Å². The van der Waals surface area contributed by atoms with Crippen LogP contribution in [0.1, 0.15) is 69.8 Å². The van der Waals surface area contributed by atoms with Crippen LogP contribution in [0, 0.1) is 11.3 Å². The van der Waals surface area contributed by atoms with E-state index in [-0.39, 0.29) is 0 Å². The van der Waals surface area contributed by atoms with Crippen molar-refractivity contribution in [3.8, 4) is 0 Å². The van der Waals surface area contributed by atoms with Crippen LogP contribution in [0.4, 0.5) is 0 Å². The summed E-state index contributed by atoms with van der Waals surface area (Å²) in [6.07, 6.45) is 10.3. The molecule has 4 nitrogen and oxygen atoms in total. The quantitative estimate of drug-likeness (QED) is 0.850.